The summed E-state index contributed by atoms with van der Waals surface area (Å²) in [5, 5.41) is 13.8. The van der Waals surface area contributed by atoms with Gasteiger partial charge in [0.2, 0.25) is 0 Å². The monoisotopic (exact) mass is 254 g/mol. The Morgan fingerprint density at radius 1 is 1.56 bits per heavy atom. The van der Waals surface area contributed by atoms with Gasteiger partial charge in [-0.3, -0.25) is 14.7 Å². The lowest BCUT2D eigenvalue weighted by atomic mass is 10.2. The predicted octanol–water partition coefficient (Wildman–Crippen LogP) is 0.787. The van der Waals surface area contributed by atoms with Crippen LogP contribution in [-0.4, -0.2) is 27.6 Å². The first kappa shape index (κ1) is 14.3. The molecular formula is C11H18N4O3. The topological polar surface area (TPSA) is 90.1 Å². The third kappa shape index (κ3) is 4.62. The fourth-order valence-electron chi connectivity index (χ4n) is 1.46. The average molecular weight is 254 g/mol. The number of hydrogen-bond donors (Lipinski definition) is 1. The van der Waals surface area contributed by atoms with E-state index in [-0.39, 0.29) is 5.69 Å². The Bertz CT molecular complexity index is 456. The van der Waals surface area contributed by atoms with Gasteiger partial charge in [0.25, 0.3) is 0 Å². The summed E-state index contributed by atoms with van der Waals surface area (Å²) < 4.78 is 1.27. The maximum absolute atomic E-state index is 11.4. The third-order valence-corrected chi connectivity index (χ3v) is 2.36. The van der Waals surface area contributed by atoms with E-state index < -0.39 is 10.6 Å². The molecule has 7 nitrogen and oxygen atoms in total. The Balaban J connectivity index is 2.49. The zero-order valence-electron chi connectivity index (χ0n) is 10.6. The van der Waals surface area contributed by atoms with Gasteiger partial charge in [-0.25, -0.2) is 4.79 Å². The fourth-order valence-corrected chi connectivity index (χ4v) is 1.46. The summed E-state index contributed by atoms with van der Waals surface area (Å²) in [7, 11) is 0. The second kappa shape index (κ2) is 6.85. The first-order valence-electron chi connectivity index (χ1n) is 5.92. The van der Waals surface area contributed by atoms with Crippen molar-refractivity contribution in [3.8, 4) is 0 Å². The van der Waals surface area contributed by atoms with Crippen molar-refractivity contribution in [1.29, 1.82) is 0 Å². The highest BCUT2D eigenvalue weighted by atomic mass is 16.6. The third-order valence-electron chi connectivity index (χ3n) is 2.36. The van der Waals surface area contributed by atoms with E-state index in [9.17, 15) is 14.9 Å². The number of nitrogens with zero attached hydrogens (tertiary/aromatic N) is 3. The summed E-state index contributed by atoms with van der Waals surface area (Å²) in [6.07, 6.45) is 2.95. The van der Waals surface area contributed by atoms with E-state index in [2.05, 4.69) is 24.1 Å². The van der Waals surface area contributed by atoms with Crippen molar-refractivity contribution >= 4 is 5.69 Å². The van der Waals surface area contributed by atoms with Gasteiger partial charge in [0, 0.05) is 6.54 Å². The van der Waals surface area contributed by atoms with E-state index in [0.29, 0.717) is 12.5 Å². The van der Waals surface area contributed by atoms with E-state index in [1.54, 1.807) is 0 Å². The van der Waals surface area contributed by atoms with Gasteiger partial charge < -0.3 is 5.32 Å². The molecule has 0 spiro atoms. The molecule has 18 heavy (non-hydrogen) atoms. The molecule has 0 atom stereocenters. The molecule has 0 unspecified atom stereocenters. The molecule has 1 N–H and O–H groups in total. The Morgan fingerprint density at radius 3 is 2.89 bits per heavy atom. The first-order chi connectivity index (χ1) is 8.50. The molecule has 0 fully saturated rings. The Kier molecular flexibility index (Phi) is 5.44. The van der Waals surface area contributed by atoms with E-state index >= 15 is 0 Å². The Hall–Kier alpha value is -1.76. The zero-order valence-corrected chi connectivity index (χ0v) is 10.6. The van der Waals surface area contributed by atoms with Crippen molar-refractivity contribution in [3.05, 3.63) is 33.0 Å². The van der Waals surface area contributed by atoms with Crippen LogP contribution in [0.3, 0.4) is 0 Å². The van der Waals surface area contributed by atoms with Crippen molar-refractivity contribution in [1.82, 2.24) is 14.9 Å². The van der Waals surface area contributed by atoms with E-state index in [4.69, 9.17) is 0 Å². The predicted molar refractivity (Wildman–Crippen MR) is 67.5 cm³/mol. The molecule has 0 saturated heterocycles. The molecule has 1 heterocycles. The fraction of sp³-hybridized carbons (Fsp3) is 0.636. The molecule has 7 heteroatoms. The lowest BCUT2D eigenvalue weighted by molar-refractivity contribution is -0.385. The maximum atomic E-state index is 11.4. The number of hydrogen-bond acceptors (Lipinski definition) is 5. The van der Waals surface area contributed by atoms with Crippen molar-refractivity contribution < 1.29 is 4.92 Å². The van der Waals surface area contributed by atoms with Crippen LogP contribution in [0.2, 0.25) is 0 Å². The molecule has 0 bridgehead atoms. The Morgan fingerprint density at radius 2 is 2.28 bits per heavy atom. The highest BCUT2D eigenvalue weighted by molar-refractivity contribution is 5.20. The van der Waals surface area contributed by atoms with Crippen LogP contribution in [0.5, 0.6) is 0 Å². The van der Waals surface area contributed by atoms with Gasteiger partial charge in [0.05, 0.1) is 11.1 Å². The number of nitrogens with one attached hydrogen (secondary N) is 1. The second-order valence-corrected chi connectivity index (χ2v) is 4.50. The van der Waals surface area contributed by atoms with Crippen LogP contribution in [-0.2, 0) is 6.54 Å². The molecule has 0 saturated carbocycles. The summed E-state index contributed by atoms with van der Waals surface area (Å²) >= 11 is 0. The average Bonchev–Trinajstić information content (AvgIpc) is 2.30. The van der Waals surface area contributed by atoms with Crippen molar-refractivity contribution in [2.24, 2.45) is 5.92 Å². The minimum Gasteiger partial charge on any atom is -0.316 e. The summed E-state index contributed by atoms with van der Waals surface area (Å²) in [4.78, 5) is 24.8. The maximum Gasteiger partial charge on any atom is 0.347 e. The second-order valence-electron chi connectivity index (χ2n) is 4.50. The SMILES string of the molecule is CC(C)CNCCCn1cc([N+](=O)[O-])cnc1=O. The van der Waals surface area contributed by atoms with Gasteiger partial charge in [-0.2, -0.15) is 4.98 Å². The molecule has 0 amide bonds. The van der Waals surface area contributed by atoms with Crippen LogP contribution in [0.4, 0.5) is 5.69 Å². The molecule has 0 aromatic carbocycles. The smallest absolute Gasteiger partial charge is 0.316 e. The molecule has 1 aromatic rings. The largest absolute Gasteiger partial charge is 0.347 e. The molecule has 1 rings (SSSR count). The Labute approximate surface area is 105 Å². The van der Waals surface area contributed by atoms with Crippen molar-refractivity contribution in [3.63, 3.8) is 0 Å². The van der Waals surface area contributed by atoms with Gasteiger partial charge in [0.15, 0.2) is 0 Å². The van der Waals surface area contributed by atoms with Gasteiger partial charge >= 0.3 is 11.4 Å². The molecular weight excluding hydrogens is 236 g/mol. The lowest BCUT2D eigenvalue weighted by Crippen LogP contribution is -2.26. The summed E-state index contributed by atoms with van der Waals surface area (Å²) in [5.41, 5.74) is -0.616. The number of nitro groups is 1. The highest BCUT2D eigenvalue weighted by Crippen LogP contribution is 2.04. The molecule has 100 valence electrons. The van der Waals surface area contributed by atoms with Gasteiger partial charge in [-0.1, -0.05) is 13.8 Å². The van der Waals surface area contributed by atoms with Gasteiger partial charge in [0.1, 0.15) is 6.20 Å². The van der Waals surface area contributed by atoms with Crippen LogP contribution in [0, 0.1) is 16.0 Å². The lowest BCUT2D eigenvalue weighted by Gasteiger charge is -2.08. The van der Waals surface area contributed by atoms with Gasteiger partial charge in [-0.15, -0.1) is 0 Å². The summed E-state index contributed by atoms with van der Waals surface area (Å²) in [6, 6.07) is 0. The van der Waals surface area contributed by atoms with Crippen LogP contribution in [0.25, 0.3) is 0 Å². The van der Waals surface area contributed by atoms with Crippen LogP contribution in [0.1, 0.15) is 20.3 Å². The quantitative estimate of drug-likeness (QED) is 0.441. The van der Waals surface area contributed by atoms with Gasteiger partial charge in [-0.05, 0) is 25.4 Å². The van der Waals surface area contributed by atoms with Crippen LogP contribution in [0.15, 0.2) is 17.2 Å². The van der Waals surface area contributed by atoms with Crippen LogP contribution >= 0.6 is 0 Å². The van der Waals surface area contributed by atoms with Crippen LogP contribution < -0.4 is 11.0 Å². The molecule has 0 aliphatic carbocycles. The number of rotatable bonds is 7. The summed E-state index contributed by atoms with van der Waals surface area (Å²) in [5.74, 6) is 0.576. The zero-order chi connectivity index (χ0) is 13.5. The number of aromatic nitrogens is 2. The van der Waals surface area contributed by atoms with E-state index in [1.807, 2.05) is 0 Å². The summed E-state index contributed by atoms with van der Waals surface area (Å²) in [6.45, 7) is 6.35. The highest BCUT2D eigenvalue weighted by Gasteiger charge is 2.08. The molecule has 0 aliphatic heterocycles. The normalized spacial score (nSPS) is 10.8. The van der Waals surface area contributed by atoms with Crippen molar-refractivity contribution in [2.75, 3.05) is 13.1 Å². The standard InChI is InChI=1S/C11H18N4O3/c1-9(2)6-12-4-3-5-14-8-10(15(17)18)7-13-11(14)16/h7-9,12H,3-6H2,1-2H3. The van der Waals surface area contributed by atoms with Crippen molar-refractivity contribution in [2.45, 2.75) is 26.8 Å². The molecule has 0 radical (unpaired) electrons. The van der Waals surface area contributed by atoms with E-state index in [1.165, 1.54) is 10.8 Å². The first-order valence-corrected chi connectivity index (χ1v) is 5.92. The molecule has 0 aliphatic rings. The van der Waals surface area contributed by atoms with E-state index in [0.717, 1.165) is 25.7 Å². The minimum atomic E-state index is -0.556. The number of aryl methyl sites for hydroxylation is 1. The molecule has 1 aromatic heterocycles. The minimum absolute atomic E-state index is 0.162.